The number of ether oxygens (including phenoxy) is 2. The lowest BCUT2D eigenvalue weighted by molar-refractivity contribution is -0.143. The van der Waals surface area contributed by atoms with Gasteiger partial charge in [0.25, 0.3) is 0 Å². The van der Waals surface area contributed by atoms with E-state index in [1.54, 1.807) is 32.2 Å². The first kappa shape index (κ1) is 16.7. The minimum atomic E-state index is -0.453. The highest BCUT2D eigenvalue weighted by atomic mass is 16.5. The number of aromatic nitrogens is 1. The first-order valence-electron chi connectivity index (χ1n) is 6.86. The van der Waals surface area contributed by atoms with E-state index in [2.05, 4.69) is 10.3 Å². The summed E-state index contributed by atoms with van der Waals surface area (Å²) in [6, 6.07) is 5.39. The van der Waals surface area contributed by atoms with E-state index in [-0.39, 0.29) is 25.4 Å². The summed E-state index contributed by atoms with van der Waals surface area (Å²) in [4.78, 5) is 27.3. The van der Waals surface area contributed by atoms with Crippen molar-refractivity contribution in [3.05, 3.63) is 36.2 Å². The van der Waals surface area contributed by atoms with Crippen molar-refractivity contribution in [1.82, 2.24) is 4.98 Å². The van der Waals surface area contributed by atoms with Gasteiger partial charge in [0.2, 0.25) is 0 Å². The molecule has 1 rings (SSSR count). The van der Waals surface area contributed by atoms with Crippen LogP contribution in [-0.2, 0) is 19.1 Å². The summed E-state index contributed by atoms with van der Waals surface area (Å²) in [6.45, 7) is 4.07. The van der Waals surface area contributed by atoms with Crippen LogP contribution >= 0.6 is 0 Å². The molecular formula is C15H20N2O4. The molecule has 1 heterocycles. The van der Waals surface area contributed by atoms with Crippen molar-refractivity contribution in [2.24, 2.45) is 0 Å². The summed E-state index contributed by atoms with van der Waals surface area (Å²) in [5.74, 6) is -0.189. The SMILES string of the molecule is CCOC(=O)CCC(=CNc1ccccn1)C(=O)OCC. The molecule has 0 saturated carbocycles. The van der Waals surface area contributed by atoms with E-state index in [4.69, 9.17) is 9.47 Å². The number of rotatable bonds is 8. The summed E-state index contributed by atoms with van der Waals surface area (Å²) < 4.78 is 9.81. The Morgan fingerprint density at radius 1 is 1.19 bits per heavy atom. The molecule has 114 valence electrons. The van der Waals surface area contributed by atoms with Gasteiger partial charge in [-0.05, 0) is 32.4 Å². The van der Waals surface area contributed by atoms with Gasteiger partial charge in [0.05, 0.1) is 18.8 Å². The molecule has 1 aromatic heterocycles. The summed E-state index contributed by atoms with van der Waals surface area (Å²) in [5, 5.41) is 2.91. The zero-order chi connectivity index (χ0) is 15.5. The van der Waals surface area contributed by atoms with Crippen LogP contribution in [0.1, 0.15) is 26.7 Å². The predicted octanol–water partition coefficient (Wildman–Crippen LogP) is 2.28. The monoisotopic (exact) mass is 292 g/mol. The van der Waals surface area contributed by atoms with Crippen molar-refractivity contribution in [2.45, 2.75) is 26.7 Å². The van der Waals surface area contributed by atoms with Crippen LogP contribution in [0.4, 0.5) is 5.82 Å². The van der Waals surface area contributed by atoms with Gasteiger partial charge in [-0.25, -0.2) is 9.78 Å². The van der Waals surface area contributed by atoms with E-state index < -0.39 is 5.97 Å². The highest BCUT2D eigenvalue weighted by Gasteiger charge is 2.13. The van der Waals surface area contributed by atoms with Crippen LogP contribution < -0.4 is 5.32 Å². The molecule has 0 unspecified atom stereocenters. The van der Waals surface area contributed by atoms with Crippen molar-refractivity contribution in [3.8, 4) is 0 Å². The third-order valence-corrected chi connectivity index (χ3v) is 2.50. The van der Waals surface area contributed by atoms with Crippen LogP contribution in [0.5, 0.6) is 0 Å². The first-order valence-corrected chi connectivity index (χ1v) is 6.86. The Morgan fingerprint density at radius 3 is 2.57 bits per heavy atom. The number of hydrogen-bond donors (Lipinski definition) is 1. The Balaban J connectivity index is 2.67. The van der Waals surface area contributed by atoms with Gasteiger partial charge in [0, 0.05) is 18.8 Å². The van der Waals surface area contributed by atoms with E-state index >= 15 is 0 Å². The fourth-order valence-electron chi connectivity index (χ4n) is 1.54. The summed E-state index contributed by atoms with van der Waals surface area (Å²) in [7, 11) is 0. The lowest BCUT2D eigenvalue weighted by Crippen LogP contribution is -2.12. The molecule has 1 N–H and O–H groups in total. The number of nitrogens with zero attached hydrogens (tertiary/aromatic N) is 1. The molecule has 6 nitrogen and oxygen atoms in total. The molecule has 6 heteroatoms. The van der Waals surface area contributed by atoms with Gasteiger partial charge in [-0.3, -0.25) is 4.79 Å². The fraction of sp³-hybridized carbons (Fsp3) is 0.400. The molecule has 0 fully saturated rings. The van der Waals surface area contributed by atoms with E-state index in [0.717, 1.165) is 0 Å². The highest BCUT2D eigenvalue weighted by molar-refractivity contribution is 5.89. The zero-order valence-corrected chi connectivity index (χ0v) is 12.3. The third kappa shape index (κ3) is 6.56. The third-order valence-electron chi connectivity index (χ3n) is 2.50. The van der Waals surface area contributed by atoms with Crippen LogP contribution in [0.25, 0.3) is 0 Å². The molecule has 0 aromatic carbocycles. The van der Waals surface area contributed by atoms with Crippen LogP contribution in [0.3, 0.4) is 0 Å². The van der Waals surface area contributed by atoms with Crippen molar-refractivity contribution in [2.75, 3.05) is 18.5 Å². The van der Waals surface area contributed by atoms with Gasteiger partial charge < -0.3 is 14.8 Å². The molecular weight excluding hydrogens is 272 g/mol. The largest absolute Gasteiger partial charge is 0.466 e. The Hall–Kier alpha value is -2.37. The lowest BCUT2D eigenvalue weighted by Gasteiger charge is -2.08. The van der Waals surface area contributed by atoms with Crippen molar-refractivity contribution in [3.63, 3.8) is 0 Å². The molecule has 0 atom stereocenters. The first-order chi connectivity index (χ1) is 10.2. The fourth-order valence-corrected chi connectivity index (χ4v) is 1.54. The molecule has 0 amide bonds. The maximum atomic E-state index is 11.8. The Labute approximate surface area is 124 Å². The molecule has 0 radical (unpaired) electrons. The quantitative estimate of drug-likeness (QED) is 0.585. The Kier molecular flexibility index (Phi) is 7.56. The van der Waals surface area contributed by atoms with Crippen LogP contribution in [-0.4, -0.2) is 30.1 Å². The summed E-state index contributed by atoms with van der Waals surface area (Å²) >= 11 is 0. The van der Waals surface area contributed by atoms with E-state index in [1.165, 1.54) is 6.20 Å². The average Bonchev–Trinajstić information content (AvgIpc) is 2.48. The summed E-state index contributed by atoms with van der Waals surface area (Å²) in [5.41, 5.74) is 0.371. The zero-order valence-electron chi connectivity index (χ0n) is 12.3. The van der Waals surface area contributed by atoms with Crippen molar-refractivity contribution < 1.29 is 19.1 Å². The van der Waals surface area contributed by atoms with Gasteiger partial charge in [-0.2, -0.15) is 0 Å². The maximum absolute atomic E-state index is 11.8. The Morgan fingerprint density at radius 2 is 1.95 bits per heavy atom. The second-order valence-corrected chi connectivity index (χ2v) is 4.05. The number of anilines is 1. The summed E-state index contributed by atoms with van der Waals surface area (Å²) in [6.07, 6.45) is 3.53. The van der Waals surface area contributed by atoms with Crippen LogP contribution in [0.15, 0.2) is 36.2 Å². The second-order valence-electron chi connectivity index (χ2n) is 4.05. The number of nitrogens with one attached hydrogen (secondary N) is 1. The molecule has 0 saturated heterocycles. The maximum Gasteiger partial charge on any atom is 0.335 e. The molecule has 0 bridgehead atoms. The highest BCUT2D eigenvalue weighted by Crippen LogP contribution is 2.10. The van der Waals surface area contributed by atoms with Crippen LogP contribution in [0, 0.1) is 0 Å². The van der Waals surface area contributed by atoms with Gasteiger partial charge >= 0.3 is 11.9 Å². The number of pyridine rings is 1. The smallest absolute Gasteiger partial charge is 0.335 e. The van der Waals surface area contributed by atoms with Crippen molar-refractivity contribution in [1.29, 1.82) is 0 Å². The number of hydrogen-bond acceptors (Lipinski definition) is 6. The van der Waals surface area contributed by atoms with Gasteiger partial charge in [0.15, 0.2) is 0 Å². The standard InChI is InChI=1S/C15H20N2O4/c1-3-20-14(18)9-8-12(15(19)21-4-2)11-17-13-7-5-6-10-16-13/h5-7,10-11H,3-4,8-9H2,1-2H3,(H,16,17). The molecule has 0 aliphatic carbocycles. The predicted molar refractivity (Wildman–Crippen MR) is 78.4 cm³/mol. The topological polar surface area (TPSA) is 77.5 Å². The van der Waals surface area contributed by atoms with Gasteiger partial charge in [0.1, 0.15) is 5.82 Å². The Bertz CT molecular complexity index is 486. The van der Waals surface area contributed by atoms with Crippen molar-refractivity contribution >= 4 is 17.8 Å². The van der Waals surface area contributed by atoms with E-state index in [9.17, 15) is 9.59 Å². The van der Waals surface area contributed by atoms with Gasteiger partial charge in [-0.15, -0.1) is 0 Å². The van der Waals surface area contributed by atoms with Gasteiger partial charge in [-0.1, -0.05) is 6.07 Å². The van der Waals surface area contributed by atoms with E-state index in [1.807, 2.05) is 6.07 Å². The van der Waals surface area contributed by atoms with E-state index in [0.29, 0.717) is 18.0 Å². The number of esters is 2. The molecule has 1 aromatic rings. The normalized spacial score (nSPS) is 10.9. The lowest BCUT2D eigenvalue weighted by atomic mass is 10.1. The average molecular weight is 292 g/mol. The second kappa shape index (κ2) is 9.52. The molecule has 0 aliphatic heterocycles. The van der Waals surface area contributed by atoms with Crippen LogP contribution in [0.2, 0.25) is 0 Å². The molecule has 0 aliphatic rings. The minimum Gasteiger partial charge on any atom is -0.466 e. The number of carbonyl (C=O) groups is 2. The minimum absolute atomic E-state index is 0.127. The number of carbonyl (C=O) groups excluding carboxylic acids is 2. The molecule has 21 heavy (non-hydrogen) atoms. The molecule has 0 spiro atoms.